The molecular weight excluding hydrogens is 436 g/mol. The van der Waals surface area contributed by atoms with Crippen LogP contribution in [-0.2, 0) is 10.0 Å². The number of primary sulfonamides is 1. The molecule has 0 spiro atoms. The molecule has 3 rings (SSSR count). The van der Waals surface area contributed by atoms with E-state index in [-0.39, 0.29) is 5.56 Å². The van der Waals surface area contributed by atoms with E-state index in [1.807, 2.05) is 0 Å². The summed E-state index contributed by atoms with van der Waals surface area (Å²) in [6.45, 7) is 0. The number of rotatable bonds is 4. The Kier molecular flexibility index (Phi) is 5.52. The predicted octanol–water partition coefficient (Wildman–Crippen LogP) is 4.51. The maximum Gasteiger partial charge on any atom is 0.238 e. The van der Waals surface area contributed by atoms with Crippen LogP contribution in [0.25, 0.3) is 22.3 Å². The van der Waals surface area contributed by atoms with Crippen LogP contribution in [0, 0.1) is 34.9 Å². The first kappa shape index (κ1) is 21.7. The van der Waals surface area contributed by atoms with Crippen molar-refractivity contribution in [3.05, 3.63) is 71.3 Å². The summed E-state index contributed by atoms with van der Waals surface area (Å²) in [7, 11) is -3.16. The van der Waals surface area contributed by atoms with E-state index in [2.05, 4.69) is 4.74 Å². The lowest BCUT2D eigenvalue weighted by Gasteiger charge is -2.15. The molecule has 3 aromatic carbocycles. The van der Waals surface area contributed by atoms with Crippen molar-refractivity contribution in [1.82, 2.24) is 0 Å². The summed E-state index contributed by atoms with van der Waals surface area (Å²) in [4.78, 5) is -0.391. The molecule has 0 saturated carbocycles. The van der Waals surface area contributed by atoms with E-state index in [1.165, 1.54) is 0 Å². The molecule has 4 nitrogen and oxygen atoms in total. The van der Waals surface area contributed by atoms with E-state index in [0.717, 1.165) is 31.4 Å². The largest absolute Gasteiger partial charge is 0.491 e. The molecule has 3 aromatic rings. The molecule has 0 aliphatic rings. The van der Waals surface area contributed by atoms with Gasteiger partial charge in [0.15, 0.2) is 40.7 Å². The lowest BCUT2D eigenvalue weighted by atomic mass is 9.92. The van der Waals surface area contributed by atoms with Crippen LogP contribution in [0.2, 0.25) is 0 Å². The lowest BCUT2D eigenvalue weighted by Crippen LogP contribution is -2.11. The first-order valence-electron chi connectivity index (χ1n) is 8.00. The predicted molar refractivity (Wildman–Crippen MR) is 95.0 cm³/mol. The monoisotopic (exact) mass is 447 g/mol. The molecule has 2 N–H and O–H groups in total. The smallest absolute Gasteiger partial charge is 0.238 e. The van der Waals surface area contributed by atoms with Crippen molar-refractivity contribution < 1.29 is 39.5 Å². The van der Waals surface area contributed by atoms with Crippen LogP contribution in [0.1, 0.15) is 0 Å². The molecule has 0 aliphatic heterocycles. The maximum absolute atomic E-state index is 14.6. The summed E-state index contributed by atoms with van der Waals surface area (Å²) in [6.07, 6.45) is 0. The highest BCUT2D eigenvalue weighted by Crippen LogP contribution is 2.41. The zero-order valence-corrected chi connectivity index (χ0v) is 15.8. The minimum absolute atomic E-state index is 0.302. The quantitative estimate of drug-likeness (QED) is 0.364. The molecule has 0 saturated heterocycles. The minimum Gasteiger partial charge on any atom is -0.491 e. The fourth-order valence-electron chi connectivity index (χ4n) is 2.88. The van der Waals surface area contributed by atoms with E-state index in [4.69, 9.17) is 5.14 Å². The van der Waals surface area contributed by atoms with Gasteiger partial charge in [-0.05, 0) is 35.4 Å². The third-order valence-electron chi connectivity index (χ3n) is 4.23. The molecule has 0 amide bonds. The fourth-order valence-corrected chi connectivity index (χ4v) is 3.40. The molecule has 30 heavy (non-hydrogen) atoms. The van der Waals surface area contributed by atoms with E-state index in [1.54, 1.807) is 0 Å². The topological polar surface area (TPSA) is 69.4 Å². The van der Waals surface area contributed by atoms with Gasteiger partial charge in [-0.15, -0.1) is 0 Å². The molecule has 0 atom stereocenters. The van der Waals surface area contributed by atoms with Crippen molar-refractivity contribution in [3.8, 4) is 28.0 Å². The van der Waals surface area contributed by atoms with Crippen LogP contribution in [-0.4, -0.2) is 15.5 Å². The van der Waals surface area contributed by atoms with Crippen molar-refractivity contribution in [1.29, 1.82) is 0 Å². The third kappa shape index (κ3) is 3.61. The second kappa shape index (κ2) is 7.65. The van der Waals surface area contributed by atoms with Gasteiger partial charge in [-0.2, -0.15) is 0 Å². The average molecular weight is 447 g/mol. The number of ether oxygens (including phenoxy) is 1. The highest BCUT2D eigenvalue weighted by molar-refractivity contribution is 7.89. The molecule has 0 aliphatic carbocycles. The Morgan fingerprint density at radius 1 is 0.733 bits per heavy atom. The number of nitrogens with two attached hydrogens (primary N) is 1. The number of hydrogen-bond donors (Lipinski definition) is 1. The van der Waals surface area contributed by atoms with Crippen LogP contribution < -0.4 is 9.88 Å². The fraction of sp³-hybridized carbons (Fsp3) is 0.0526. The van der Waals surface area contributed by atoms with Gasteiger partial charge in [-0.25, -0.2) is 39.9 Å². The first-order chi connectivity index (χ1) is 14.0. The van der Waals surface area contributed by atoms with E-state index < -0.39 is 72.3 Å². The van der Waals surface area contributed by atoms with Gasteiger partial charge < -0.3 is 4.74 Å². The summed E-state index contributed by atoms with van der Waals surface area (Å²) >= 11 is 0. The van der Waals surface area contributed by atoms with Crippen LogP contribution in [0.4, 0.5) is 26.3 Å². The van der Waals surface area contributed by atoms with Crippen LogP contribution in [0.15, 0.2) is 41.3 Å². The minimum atomic E-state index is -4.13. The third-order valence-corrected chi connectivity index (χ3v) is 5.16. The standard InChI is InChI=1S/C19H11F6NO3S/c1-29-19-11(20)6-9(7-12(19)21)14-13(15(22)17(24)18(25)16(14)23)8-2-4-10(5-3-8)30(26,27)28/h2-7H,1H3,(H2,26,27,28). The number of halogens is 6. The highest BCUT2D eigenvalue weighted by Gasteiger charge is 2.28. The van der Waals surface area contributed by atoms with E-state index >= 15 is 0 Å². The summed E-state index contributed by atoms with van der Waals surface area (Å²) in [5.74, 6) is -11.5. The Bertz CT molecular complexity index is 1240. The molecule has 0 unspecified atom stereocenters. The molecular formula is C19H11F6NO3S. The van der Waals surface area contributed by atoms with Gasteiger partial charge >= 0.3 is 0 Å². The van der Waals surface area contributed by atoms with Crippen molar-refractivity contribution in [2.45, 2.75) is 4.90 Å². The number of methoxy groups -OCH3 is 1. The first-order valence-corrected chi connectivity index (χ1v) is 9.54. The summed E-state index contributed by atoms with van der Waals surface area (Å²) < 4.78 is 112. The van der Waals surface area contributed by atoms with Gasteiger partial charge in [0, 0.05) is 11.1 Å². The Hall–Kier alpha value is -3.05. The van der Waals surface area contributed by atoms with Crippen LogP contribution >= 0.6 is 0 Å². The summed E-state index contributed by atoms with van der Waals surface area (Å²) in [6, 6.07) is 4.85. The maximum atomic E-state index is 14.6. The normalized spacial score (nSPS) is 11.6. The average Bonchev–Trinajstić information content (AvgIpc) is 2.68. The zero-order chi connectivity index (χ0) is 22.4. The Morgan fingerprint density at radius 3 is 1.57 bits per heavy atom. The molecule has 0 bridgehead atoms. The Labute approximate surface area is 166 Å². The molecule has 11 heteroatoms. The van der Waals surface area contributed by atoms with Crippen molar-refractivity contribution in [3.63, 3.8) is 0 Å². The zero-order valence-electron chi connectivity index (χ0n) is 14.9. The summed E-state index contributed by atoms with van der Waals surface area (Å²) in [5.41, 5.74) is -2.80. The Morgan fingerprint density at radius 2 is 1.17 bits per heavy atom. The highest BCUT2D eigenvalue weighted by atomic mass is 32.2. The number of sulfonamides is 1. The van der Waals surface area contributed by atoms with Crippen molar-refractivity contribution >= 4 is 10.0 Å². The van der Waals surface area contributed by atoms with E-state index in [9.17, 15) is 34.8 Å². The SMILES string of the molecule is COc1c(F)cc(-c2c(F)c(F)c(F)c(F)c2-c2ccc(S(N)(=O)=O)cc2)cc1F. The molecule has 158 valence electrons. The number of benzene rings is 3. The van der Waals surface area contributed by atoms with Crippen molar-refractivity contribution in [2.24, 2.45) is 5.14 Å². The van der Waals surface area contributed by atoms with Crippen LogP contribution in [0.3, 0.4) is 0 Å². The van der Waals surface area contributed by atoms with Gasteiger partial charge in [0.25, 0.3) is 0 Å². The van der Waals surface area contributed by atoms with E-state index in [0.29, 0.717) is 12.1 Å². The van der Waals surface area contributed by atoms with Gasteiger partial charge in [-0.1, -0.05) is 12.1 Å². The molecule has 0 radical (unpaired) electrons. The van der Waals surface area contributed by atoms with Gasteiger partial charge in [0.05, 0.1) is 12.0 Å². The molecule has 0 heterocycles. The van der Waals surface area contributed by atoms with Crippen LogP contribution in [0.5, 0.6) is 5.75 Å². The number of hydrogen-bond acceptors (Lipinski definition) is 3. The van der Waals surface area contributed by atoms with Gasteiger partial charge in [0.2, 0.25) is 10.0 Å². The molecule has 0 aromatic heterocycles. The second-order valence-corrected chi connectivity index (χ2v) is 7.61. The van der Waals surface area contributed by atoms with Gasteiger partial charge in [0.1, 0.15) is 0 Å². The van der Waals surface area contributed by atoms with Gasteiger partial charge in [-0.3, -0.25) is 0 Å². The van der Waals surface area contributed by atoms with Crippen molar-refractivity contribution in [2.75, 3.05) is 7.11 Å². The summed E-state index contributed by atoms with van der Waals surface area (Å²) in [5, 5.41) is 4.96. The lowest BCUT2D eigenvalue weighted by molar-refractivity contribution is 0.360. The second-order valence-electron chi connectivity index (χ2n) is 6.05. The Balaban J connectivity index is 2.37. The molecule has 0 fully saturated rings.